The molecule has 2 aromatic carbocycles. The van der Waals surface area contributed by atoms with Gasteiger partial charge in [-0.25, -0.2) is 0 Å². The Morgan fingerprint density at radius 3 is 2.55 bits per heavy atom. The lowest BCUT2D eigenvalue weighted by Gasteiger charge is -2.14. The summed E-state index contributed by atoms with van der Waals surface area (Å²) in [6.07, 6.45) is 2.33. The van der Waals surface area contributed by atoms with Gasteiger partial charge in [0.2, 0.25) is 0 Å². The lowest BCUT2D eigenvalue weighted by atomic mass is 9.95. The standard InChI is InChI=1S/C17H14BrNS/c18-15-9-8-14(20-15)17(19)13-7-6-11-5-4-10-2-1-3-12(13)16(10)11/h1-3,6-9,17H,4-5,19H2. The van der Waals surface area contributed by atoms with E-state index >= 15 is 0 Å². The second-order valence-corrected chi connectivity index (χ2v) is 7.77. The highest BCUT2D eigenvalue weighted by molar-refractivity contribution is 9.11. The number of benzene rings is 2. The Hall–Kier alpha value is -1.16. The van der Waals surface area contributed by atoms with Crippen molar-refractivity contribution in [2.75, 3.05) is 0 Å². The Labute approximate surface area is 130 Å². The van der Waals surface area contributed by atoms with Crippen molar-refractivity contribution in [3.05, 3.63) is 67.8 Å². The summed E-state index contributed by atoms with van der Waals surface area (Å²) in [4.78, 5) is 1.20. The van der Waals surface area contributed by atoms with Gasteiger partial charge in [0.1, 0.15) is 0 Å². The molecule has 1 aliphatic carbocycles. The zero-order valence-electron chi connectivity index (χ0n) is 10.9. The van der Waals surface area contributed by atoms with E-state index in [0.29, 0.717) is 0 Å². The second-order valence-electron chi connectivity index (χ2n) is 5.27. The van der Waals surface area contributed by atoms with Gasteiger partial charge >= 0.3 is 0 Å². The van der Waals surface area contributed by atoms with Crippen molar-refractivity contribution in [2.45, 2.75) is 18.9 Å². The van der Waals surface area contributed by atoms with Gasteiger partial charge in [-0.1, -0.05) is 30.3 Å². The average molecular weight is 344 g/mol. The first-order valence-corrected chi connectivity index (χ1v) is 8.39. The fourth-order valence-electron chi connectivity index (χ4n) is 3.19. The van der Waals surface area contributed by atoms with Gasteiger partial charge in [-0.2, -0.15) is 0 Å². The zero-order chi connectivity index (χ0) is 13.7. The highest BCUT2D eigenvalue weighted by Gasteiger charge is 2.19. The quantitative estimate of drug-likeness (QED) is 0.709. The summed E-state index contributed by atoms with van der Waals surface area (Å²) in [5.74, 6) is 0. The van der Waals surface area contributed by atoms with Gasteiger partial charge in [0.05, 0.1) is 9.83 Å². The monoisotopic (exact) mass is 343 g/mol. The Bertz CT molecular complexity index is 796. The van der Waals surface area contributed by atoms with Crippen LogP contribution in [0.2, 0.25) is 0 Å². The third kappa shape index (κ3) is 1.85. The Kier molecular flexibility index (Phi) is 2.95. The molecule has 1 aliphatic rings. The van der Waals surface area contributed by atoms with Crippen molar-refractivity contribution >= 4 is 38.0 Å². The van der Waals surface area contributed by atoms with E-state index in [2.05, 4.69) is 58.4 Å². The molecule has 0 saturated carbocycles. The fraction of sp³-hybridized carbons (Fsp3) is 0.176. The first kappa shape index (κ1) is 12.6. The van der Waals surface area contributed by atoms with Gasteiger partial charge in [0.15, 0.2) is 0 Å². The van der Waals surface area contributed by atoms with Crippen molar-refractivity contribution in [3.63, 3.8) is 0 Å². The Balaban J connectivity index is 1.93. The van der Waals surface area contributed by atoms with E-state index < -0.39 is 0 Å². The van der Waals surface area contributed by atoms with Crippen LogP contribution >= 0.6 is 27.3 Å². The molecule has 20 heavy (non-hydrogen) atoms. The van der Waals surface area contributed by atoms with E-state index in [0.717, 1.165) is 16.6 Å². The van der Waals surface area contributed by atoms with Crippen molar-refractivity contribution in [1.82, 2.24) is 0 Å². The summed E-state index contributed by atoms with van der Waals surface area (Å²) in [6, 6.07) is 15.2. The van der Waals surface area contributed by atoms with Gasteiger partial charge in [-0.3, -0.25) is 0 Å². The molecule has 0 amide bonds. The van der Waals surface area contributed by atoms with E-state index in [9.17, 15) is 0 Å². The van der Waals surface area contributed by atoms with E-state index in [-0.39, 0.29) is 6.04 Å². The molecule has 0 bridgehead atoms. The number of nitrogens with two attached hydrogens (primary N) is 1. The van der Waals surface area contributed by atoms with Crippen LogP contribution in [-0.2, 0) is 12.8 Å². The maximum atomic E-state index is 6.51. The topological polar surface area (TPSA) is 26.0 Å². The van der Waals surface area contributed by atoms with Gasteiger partial charge in [0.25, 0.3) is 0 Å². The molecule has 0 radical (unpaired) electrons. The minimum atomic E-state index is -0.0452. The van der Waals surface area contributed by atoms with Crippen LogP contribution in [0.4, 0.5) is 0 Å². The van der Waals surface area contributed by atoms with Gasteiger partial charge in [0, 0.05) is 4.88 Å². The molecule has 1 unspecified atom stereocenters. The predicted molar refractivity (Wildman–Crippen MR) is 89.4 cm³/mol. The molecule has 1 heterocycles. The van der Waals surface area contributed by atoms with Gasteiger partial charge < -0.3 is 5.73 Å². The van der Waals surface area contributed by atoms with Crippen molar-refractivity contribution in [1.29, 1.82) is 0 Å². The van der Waals surface area contributed by atoms with Crippen molar-refractivity contribution in [3.8, 4) is 0 Å². The Morgan fingerprint density at radius 2 is 1.80 bits per heavy atom. The second kappa shape index (κ2) is 4.69. The van der Waals surface area contributed by atoms with Crippen molar-refractivity contribution < 1.29 is 0 Å². The first-order chi connectivity index (χ1) is 9.74. The number of rotatable bonds is 2. The minimum absolute atomic E-state index is 0.0452. The van der Waals surface area contributed by atoms with Crippen molar-refractivity contribution in [2.24, 2.45) is 5.73 Å². The number of halogens is 1. The Morgan fingerprint density at radius 1 is 1.00 bits per heavy atom. The molecule has 3 heteroatoms. The SMILES string of the molecule is NC(c1ccc(Br)s1)c1ccc2c3c(cccc13)CC2. The molecule has 0 spiro atoms. The van der Waals surface area contributed by atoms with Gasteiger partial charge in [-0.05, 0) is 68.4 Å². The molecule has 1 nitrogen and oxygen atoms in total. The van der Waals surface area contributed by atoms with Crippen LogP contribution in [0.25, 0.3) is 10.8 Å². The van der Waals surface area contributed by atoms with E-state index in [4.69, 9.17) is 5.73 Å². The van der Waals surface area contributed by atoms with Crippen LogP contribution in [0.3, 0.4) is 0 Å². The molecular weight excluding hydrogens is 330 g/mol. The highest BCUT2D eigenvalue weighted by atomic mass is 79.9. The highest BCUT2D eigenvalue weighted by Crippen LogP contribution is 2.37. The fourth-order valence-corrected chi connectivity index (χ4v) is 4.63. The molecule has 0 saturated heterocycles. The lowest BCUT2D eigenvalue weighted by molar-refractivity contribution is 0.903. The summed E-state index contributed by atoms with van der Waals surface area (Å²) in [6.45, 7) is 0. The number of hydrogen-bond donors (Lipinski definition) is 1. The van der Waals surface area contributed by atoms with Gasteiger partial charge in [-0.15, -0.1) is 11.3 Å². The summed E-state index contributed by atoms with van der Waals surface area (Å²) in [5.41, 5.74) is 10.7. The van der Waals surface area contributed by atoms with Crippen LogP contribution in [0.5, 0.6) is 0 Å². The molecule has 0 aliphatic heterocycles. The van der Waals surface area contributed by atoms with Crippen LogP contribution < -0.4 is 5.73 Å². The summed E-state index contributed by atoms with van der Waals surface area (Å²) >= 11 is 5.23. The molecule has 4 rings (SSSR count). The molecule has 1 aromatic heterocycles. The maximum absolute atomic E-state index is 6.51. The van der Waals surface area contributed by atoms with E-state index in [1.165, 1.54) is 32.3 Å². The van der Waals surface area contributed by atoms with Crippen LogP contribution in [0, 0.1) is 0 Å². The normalized spacial score (nSPS) is 14.9. The minimum Gasteiger partial charge on any atom is -0.320 e. The number of aryl methyl sites for hydroxylation is 2. The van der Waals surface area contributed by atoms with E-state index in [1.807, 2.05) is 0 Å². The smallest absolute Gasteiger partial charge is 0.0702 e. The third-order valence-electron chi connectivity index (χ3n) is 4.15. The van der Waals surface area contributed by atoms with Crippen LogP contribution in [0.15, 0.2) is 46.3 Å². The molecule has 0 fully saturated rings. The molecule has 2 N–H and O–H groups in total. The average Bonchev–Trinajstić information content (AvgIpc) is 3.07. The number of hydrogen-bond acceptors (Lipinski definition) is 2. The summed E-state index contributed by atoms with van der Waals surface area (Å²) < 4.78 is 1.13. The maximum Gasteiger partial charge on any atom is 0.0702 e. The molecule has 100 valence electrons. The summed E-state index contributed by atoms with van der Waals surface area (Å²) in [5, 5.41) is 2.77. The van der Waals surface area contributed by atoms with Crippen LogP contribution in [0.1, 0.15) is 27.6 Å². The molecule has 3 aromatic rings. The largest absolute Gasteiger partial charge is 0.320 e. The van der Waals surface area contributed by atoms with E-state index in [1.54, 1.807) is 11.3 Å². The number of thiophene rings is 1. The zero-order valence-corrected chi connectivity index (χ0v) is 13.3. The predicted octanol–water partition coefficient (Wildman–Crippen LogP) is 4.81. The lowest BCUT2D eigenvalue weighted by Crippen LogP contribution is -2.10. The summed E-state index contributed by atoms with van der Waals surface area (Å²) in [7, 11) is 0. The molecule has 1 atom stereocenters. The third-order valence-corrected chi connectivity index (χ3v) is 5.85. The molecular formula is C17H14BrNS. The first-order valence-electron chi connectivity index (χ1n) is 6.78. The van der Waals surface area contributed by atoms with Crippen LogP contribution in [-0.4, -0.2) is 0 Å².